The van der Waals surface area contributed by atoms with Gasteiger partial charge in [-0.05, 0) is 50.4 Å². The normalized spacial score (nSPS) is 18.6. The van der Waals surface area contributed by atoms with Gasteiger partial charge in [-0.2, -0.15) is 5.26 Å². The first-order valence-corrected chi connectivity index (χ1v) is 7.73. The number of hydrogen-bond acceptors (Lipinski definition) is 3. The second-order valence-corrected chi connectivity index (χ2v) is 5.73. The molecule has 1 aromatic carbocycles. The fourth-order valence-electron chi connectivity index (χ4n) is 2.94. The molecule has 1 aliphatic rings. The molecule has 2 rings (SSSR count). The Kier molecular flexibility index (Phi) is 5.43. The van der Waals surface area contributed by atoms with Gasteiger partial charge in [-0.15, -0.1) is 0 Å². The van der Waals surface area contributed by atoms with E-state index in [1.165, 1.54) is 19.3 Å². The number of aryl methyl sites for hydroxylation is 1. The van der Waals surface area contributed by atoms with Crippen LogP contribution in [0.2, 0.25) is 0 Å². The molecule has 1 aromatic rings. The van der Waals surface area contributed by atoms with Gasteiger partial charge in [0.1, 0.15) is 6.07 Å². The SMILES string of the molecule is CCCN(CC1CCCCN1)c1ccc(C)cc1C#N. The molecule has 1 unspecified atom stereocenters. The molecular formula is C17H25N3. The third kappa shape index (κ3) is 3.74. The Morgan fingerprint density at radius 2 is 2.25 bits per heavy atom. The van der Waals surface area contributed by atoms with Gasteiger partial charge in [-0.25, -0.2) is 0 Å². The second kappa shape index (κ2) is 7.31. The number of hydrogen-bond donors (Lipinski definition) is 1. The van der Waals surface area contributed by atoms with Crippen LogP contribution in [0.25, 0.3) is 0 Å². The molecule has 3 nitrogen and oxygen atoms in total. The lowest BCUT2D eigenvalue weighted by atomic mass is 10.0. The van der Waals surface area contributed by atoms with Crippen molar-refractivity contribution in [1.29, 1.82) is 5.26 Å². The minimum Gasteiger partial charge on any atom is -0.369 e. The summed E-state index contributed by atoms with van der Waals surface area (Å²) in [5.74, 6) is 0. The van der Waals surface area contributed by atoms with Gasteiger partial charge in [0.25, 0.3) is 0 Å². The molecule has 0 bridgehead atoms. The van der Waals surface area contributed by atoms with Crippen molar-refractivity contribution in [2.24, 2.45) is 0 Å². The van der Waals surface area contributed by atoms with E-state index in [0.717, 1.165) is 42.9 Å². The largest absolute Gasteiger partial charge is 0.369 e. The molecule has 1 aliphatic heterocycles. The van der Waals surface area contributed by atoms with Crippen LogP contribution < -0.4 is 10.2 Å². The van der Waals surface area contributed by atoms with E-state index < -0.39 is 0 Å². The molecule has 1 saturated heterocycles. The number of nitriles is 1. The molecule has 1 heterocycles. The number of rotatable bonds is 5. The van der Waals surface area contributed by atoms with E-state index in [4.69, 9.17) is 0 Å². The predicted molar refractivity (Wildman–Crippen MR) is 84.0 cm³/mol. The van der Waals surface area contributed by atoms with E-state index in [2.05, 4.69) is 35.3 Å². The van der Waals surface area contributed by atoms with Crippen LogP contribution in [0, 0.1) is 18.3 Å². The van der Waals surface area contributed by atoms with Gasteiger partial charge in [0, 0.05) is 19.1 Å². The summed E-state index contributed by atoms with van der Waals surface area (Å²) in [6, 6.07) is 9.11. The average Bonchev–Trinajstić information content (AvgIpc) is 2.48. The van der Waals surface area contributed by atoms with Crippen molar-refractivity contribution in [3.05, 3.63) is 29.3 Å². The van der Waals surface area contributed by atoms with Crippen molar-refractivity contribution >= 4 is 5.69 Å². The van der Waals surface area contributed by atoms with E-state index >= 15 is 0 Å². The molecule has 0 aliphatic carbocycles. The van der Waals surface area contributed by atoms with Gasteiger partial charge in [0.2, 0.25) is 0 Å². The Balaban J connectivity index is 2.17. The standard InChI is InChI=1S/C17H25N3/c1-3-10-20(13-16-6-4-5-9-19-16)17-8-7-14(2)11-15(17)12-18/h7-8,11,16,19H,3-6,9-10,13H2,1-2H3. The first-order valence-electron chi connectivity index (χ1n) is 7.73. The maximum absolute atomic E-state index is 9.37. The van der Waals surface area contributed by atoms with E-state index in [1.54, 1.807) is 0 Å². The van der Waals surface area contributed by atoms with Gasteiger partial charge >= 0.3 is 0 Å². The zero-order valence-corrected chi connectivity index (χ0v) is 12.7. The predicted octanol–water partition coefficient (Wildman–Crippen LogP) is 3.23. The number of nitrogens with zero attached hydrogens (tertiary/aromatic N) is 2. The highest BCUT2D eigenvalue weighted by atomic mass is 15.2. The highest BCUT2D eigenvalue weighted by Gasteiger charge is 2.18. The van der Waals surface area contributed by atoms with Crippen LogP contribution in [0.1, 0.15) is 43.7 Å². The summed E-state index contributed by atoms with van der Waals surface area (Å²) in [6.07, 6.45) is 4.95. The van der Waals surface area contributed by atoms with Gasteiger partial charge in [0.15, 0.2) is 0 Å². The lowest BCUT2D eigenvalue weighted by Gasteiger charge is -2.32. The Morgan fingerprint density at radius 3 is 2.90 bits per heavy atom. The summed E-state index contributed by atoms with van der Waals surface area (Å²) in [7, 11) is 0. The Morgan fingerprint density at radius 1 is 1.40 bits per heavy atom. The maximum atomic E-state index is 9.37. The van der Waals surface area contributed by atoms with Crippen molar-refractivity contribution in [3.8, 4) is 6.07 Å². The van der Waals surface area contributed by atoms with E-state index in [-0.39, 0.29) is 0 Å². The van der Waals surface area contributed by atoms with Crippen LogP contribution in [-0.4, -0.2) is 25.7 Å². The van der Waals surface area contributed by atoms with Crippen molar-refractivity contribution in [1.82, 2.24) is 5.32 Å². The van der Waals surface area contributed by atoms with Gasteiger partial charge in [0.05, 0.1) is 11.3 Å². The molecule has 0 aromatic heterocycles. The fourth-order valence-corrected chi connectivity index (χ4v) is 2.94. The smallest absolute Gasteiger partial charge is 0.101 e. The third-order valence-corrected chi connectivity index (χ3v) is 3.96. The number of anilines is 1. The summed E-state index contributed by atoms with van der Waals surface area (Å²) < 4.78 is 0. The van der Waals surface area contributed by atoms with Crippen molar-refractivity contribution in [3.63, 3.8) is 0 Å². The third-order valence-electron chi connectivity index (χ3n) is 3.96. The van der Waals surface area contributed by atoms with E-state index in [0.29, 0.717) is 6.04 Å². The number of piperidine rings is 1. The van der Waals surface area contributed by atoms with Crippen LogP contribution in [-0.2, 0) is 0 Å². The Labute approximate surface area is 122 Å². The molecule has 0 amide bonds. The molecule has 3 heteroatoms. The number of nitrogens with one attached hydrogen (secondary N) is 1. The first kappa shape index (κ1) is 14.9. The van der Waals surface area contributed by atoms with Crippen LogP contribution in [0.15, 0.2) is 18.2 Å². The molecular weight excluding hydrogens is 246 g/mol. The minimum atomic E-state index is 0.558. The zero-order chi connectivity index (χ0) is 14.4. The van der Waals surface area contributed by atoms with Crippen LogP contribution in [0.3, 0.4) is 0 Å². The van der Waals surface area contributed by atoms with Gasteiger partial charge < -0.3 is 10.2 Å². The topological polar surface area (TPSA) is 39.1 Å². The summed E-state index contributed by atoms with van der Waals surface area (Å²) >= 11 is 0. The summed E-state index contributed by atoms with van der Waals surface area (Å²) in [4.78, 5) is 2.38. The maximum Gasteiger partial charge on any atom is 0.101 e. The fraction of sp³-hybridized carbons (Fsp3) is 0.588. The molecule has 0 saturated carbocycles. The zero-order valence-electron chi connectivity index (χ0n) is 12.7. The minimum absolute atomic E-state index is 0.558. The molecule has 1 atom stereocenters. The molecule has 1 fully saturated rings. The summed E-state index contributed by atoms with van der Waals surface area (Å²) in [5.41, 5.74) is 3.04. The van der Waals surface area contributed by atoms with E-state index in [1.807, 2.05) is 13.0 Å². The Bertz CT molecular complexity index is 470. The molecule has 0 spiro atoms. The van der Waals surface area contributed by atoms with Crippen LogP contribution in [0.4, 0.5) is 5.69 Å². The lowest BCUT2D eigenvalue weighted by molar-refractivity contribution is 0.399. The van der Waals surface area contributed by atoms with Crippen molar-refractivity contribution in [2.45, 2.75) is 45.6 Å². The lowest BCUT2D eigenvalue weighted by Crippen LogP contribution is -2.44. The van der Waals surface area contributed by atoms with Gasteiger partial charge in [-0.1, -0.05) is 19.4 Å². The molecule has 1 N–H and O–H groups in total. The average molecular weight is 271 g/mol. The molecule has 108 valence electrons. The second-order valence-electron chi connectivity index (χ2n) is 5.73. The monoisotopic (exact) mass is 271 g/mol. The highest BCUT2D eigenvalue weighted by molar-refractivity contribution is 5.60. The Hall–Kier alpha value is -1.53. The number of benzene rings is 1. The highest BCUT2D eigenvalue weighted by Crippen LogP contribution is 2.23. The quantitative estimate of drug-likeness (QED) is 0.893. The van der Waals surface area contributed by atoms with Gasteiger partial charge in [-0.3, -0.25) is 0 Å². The van der Waals surface area contributed by atoms with Crippen molar-refractivity contribution < 1.29 is 0 Å². The first-order chi connectivity index (χ1) is 9.74. The van der Waals surface area contributed by atoms with E-state index in [9.17, 15) is 5.26 Å². The van der Waals surface area contributed by atoms with Crippen LogP contribution >= 0.6 is 0 Å². The van der Waals surface area contributed by atoms with Crippen LogP contribution in [0.5, 0.6) is 0 Å². The molecule has 0 radical (unpaired) electrons. The summed E-state index contributed by atoms with van der Waals surface area (Å²) in [5, 5.41) is 13.0. The van der Waals surface area contributed by atoms with Crippen molar-refractivity contribution in [2.75, 3.05) is 24.5 Å². The summed E-state index contributed by atoms with van der Waals surface area (Å²) in [6.45, 7) is 7.38. The molecule has 20 heavy (non-hydrogen) atoms.